The van der Waals surface area contributed by atoms with E-state index in [0.29, 0.717) is 25.8 Å². The summed E-state index contributed by atoms with van der Waals surface area (Å²) in [4.78, 5) is 35.5. The van der Waals surface area contributed by atoms with Gasteiger partial charge in [0.1, 0.15) is 6.61 Å². The largest absolute Gasteiger partial charge is 0.481 e. The summed E-state index contributed by atoms with van der Waals surface area (Å²) in [5, 5.41) is 14.6. The van der Waals surface area contributed by atoms with Crippen LogP contribution >= 0.6 is 0 Å². The molecular weight excluding hydrogens is 432 g/mol. The molecule has 182 valence electrons. The lowest BCUT2D eigenvalue weighted by Crippen LogP contribution is -2.44. The number of rotatable bonds is 11. The van der Waals surface area contributed by atoms with E-state index in [2.05, 4.69) is 34.9 Å². The number of hydrogen-bond donors (Lipinski definition) is 3. The molecule has 0 aliphatic heterocycles. The molecule has 1 atom stereocenters. The molecule has 0 radical (unpaired) electrons. The van der Waals surface area contributed by atoms with Crippen molar-refractivity contribution in [3.63, 3.8) is 0 Å². The quantitative estimate of drug-likeness (QED) is 0.416. The van der Waals surface area contributed by atoms with Crippen molar-refractivity contribution in [3.05, 3.63) is 59.7 Å². The van der Waals surface area contributed by atoms with Crippen LogP contribution in [0, 0.1) is 5.92 Å². The molecular formula is C27H34N2O5. The number of amides is 2. The smallest absolute Gasteiger partial charge is 0.407 e. The summed E-state index contributed by atoms with van der Waals surface area (Å²) >= 11 is 0. The fourth-order valence-corrected chi connectivity index (χ4v) is 4.25. The predicted octanol–water partition coefficient (Wildman–Crippen LogP) is 4.70. The van der Waals surface area contributed by atoms with E-state index in [1.807, 2.05) is 38.1 Å². The molecule has 0 fully saturated rings. The number of fused-ring (bicyclic) bond motifs is 3. The Bertz CT molecular complexity index is 988. The molecule has 2 aromatic carbocycles. The molecule has 0 saturated carbocycles. The van der Waals surface area contributed by atoms with Gasteiger partial charge in [-0.25, -0.2) is 4.79 Å². The van der Waals surface area contributed by atoms with Crippen LogP contribution in [0.3, 0.4) is 0 Å². The third-order valence-electron chi connectivity index (χ3n) is 6.32. The maximum Gasteiger partial charge on any atom is 0.407 e. The number of alkyl carbamates (subject to hydrolysis) is 1. The highest BCUT2D eigenvalue weighted by Gasteiger charge is 2.30. The van der Waals surface area contributed by atoms with E-state index in [4.69, 9.17) is 9.84 Å². The molecule has 1 aliphatic carbocycles. The second-order valence-corrected chi connectivity index (χ2v) is 9.57. The summed E-state index contributed by atoms with van der Waals surface area (Å²) in [7, 11) is 0. The standard InChI is InChI=1S/C27H34N2O5/c1-18(25(31)32)9-8-16-28-24(30)14-15-27(2,3)29-26(33)34-17-23-21-12-6-4-10-19(21)20-11-5-7-13-22(20)23/h4-7,10-13,18,23H,8-9,14-17H2,1-3H3,(H,28,30)(H,29,33)(H,31,32). The molecule has 0 saturated heterocycles. The average Bonchev–Trinajstić information content (AvgIpc) is 3.12. The van der Waals surface area contributed by atoms with Crippen molar-refractivity contribution in [1.29, 1.82) is 0 Å². The van der Waals surface area contributed by atoms with Gasteiger partial charge in [-0.3, -0.25) is 9.59 Å². The molecule has 3 N–H and O–H groups in total. The maximum atomic E-state index is 12.5. The SMILES string of the molecule is CC(CCCNC(=O)CCC(C)(C)NC(=O)OCC1c2ccccc2-c2ccccc21)C(=O)O. The summed E-state index contributed by atoms with van der Waals surface area (Å²) < 4.78 is 5.60. The van der Waals surface area contributed by atoms with E-state index >= 15 is 0 Å². The Morgan fingerprint density at radius 3 is 2.21 bits per heavy atom. The lowest BCUT2D eigenvalue weighted by atomic mass is 9.98. The van der Waals surface area contributed by atoms with Gasteiger partial charge in [0.2, 0.25) is 5.91 Å². The van der Waals surface area contributed by atoms with Gasteiger partial charge in [-0.2, -0.15) is 0 Å². The summed E-state index contributed by atoms with van der Waals surface area (Å²) in [6, 6.07) is 16.4. The van der Waals surface area contributed by atoms with E-state index in [9.17, 15) is 14.4 Å². The number of benzene rings is 2. The Kier molecular flexibility index (Phi) is 8.31. The van der Waals surface area contributed by atoms with Crippen molar-refractivity contribution in [3.8, 4) is 11.1 Å². The number of carboxylic acids is 1. The number of nitrogens with one attached hydrogen (secondary N) is 2. The monoisotopic (exact) mass is 466 g/mol. The first-order chi connectivity index (χ1) is 16.2. The van der Waals surface area contributed by atoms with Crippen LogP contribution in [0.25, 0.3) is 11.1 Å². The molecule has 0 heterocycles. The van der Waals surface area contributed by atoms with Crippen LogP contribution in [-0.4, -0.2) is 41.8 Å². The van der Waals surface area contributed by atoms with Crippen LogP contribution in [0.5, 0.6) is 0 Å². The minimum absolute atomic E-state index is 0.00381. The number of carbonyl (C=O) groups is 3. The van der Waals surface area contributed by atoms with Gasteiger partial charge in [-0.15, -0.1) is 0 Å². The van der Waals surface area contributed by atoms with Crippen LogP contribution in [0.2, 0.25) is 0 Å². The lowest BCUT2D eigenvalue weighted by molar-refractivity contribution is -0.141. The van der Waals surface area contributed by atoms with E-state index in [-0.39, 0.29) is 24.9 Å². The molecule has 2 amide bonds. The first kappa shape index (κ1) is 25.3. The van der Waals surface area contributed by atoms with Gasteiger partial charge in [0, 0.05) is 24.4 Å². The van der Waals surface area contributed by atoms with Crippen molar-refractivity contribution in [2.24, 2.45) is 5.92 Å². The van der Waals surface area contributed by atoms with Gasteiger partial charge in [0.25, 0.3) is 0 Å². The van der Waals surface area contributed by atoms with E-state index < -0.39 is 23.5 Å². The molecule has 1 aliphatic rings. The Morgan fingerprint density at radius 2 is 1.62 bits per heavy atom. The van der Waals surface area contributed by atoms with Gasteiger partial charge in [-0.05, 0) is 55.4 Å². The van der Waals surface area contributed by atoms with E-state index in [0.717, 1.165) is 11.1 Å². The second kappa shape index (κ2) is 11.2. The highest BCUT2D eigenvalue weighted by atomic mass is 16.5. The summed E-state index contributed by atoms with van der Waals surface area (Å²) in [6.45, 7) is 6.05. The molecule has 7 heteroatoms. The predicted molar refractivity (Wildman–Crippen MR) is 131 cm³/mol. The van der Waals surface area contributed by atoms with Crippen LogP contribution in [0.1, 0.15) is 63.5 Å². The zero-order chi connectivity index (χ0) is 24.7. The number of ether oxygens (including phenoxy) is 1. The van der Waals surface area contributed by atoms with Gasteiger partial charge >= 0.3 is 12.1 Å². The van der Waals surface area contributed by atoms with E-state index in [1.54, 1.807) is 6.92 Å². The van der Waals surface area contributed by atoms with Gasteiger partial charge < -0.3 is 20.5 Å². The molecule has 0 aromatic heterocycles. The molecule has 7 nitrogen and oxygen atoms in total. The Hall–Kier alpha value is -3.35. The molecule has 34 heavy (non-hydrogen) atoms. The van der Waals surface area contributed by atoms with Gasteiger partial charge in [0.05, 0.1) is 5.92 Å². The molecule has 1 unspecified atom stereocenters. The Morgan fingerprint density at radius 1 is 1.03 bits per heavy atom. The van der Waals surface area contributed by atoms with Crippen molar-refractivity contribution in [1.82, 2.24) is 10.6 Å². The zero-order valence-corrected chi connectivity index (χ0v) is 20.1. The van der Waals surface area contributed by atoms with Crippen LogP contribution in [0.15, 0.2) is 48.5 Å². The molecule has 3 rings (SSSR count). The Balaban J connectivity index is 1.43. The van der Waals surface area contributed by atoms with Gasteiger partial charge in [0.15, 0.2) is 0 Å². The minimum atomic E-state index is -0.826. The third kappa shape index (κ3) is 6.59. The average molecular weight is 467 g/mol. The van der Waals surface area contributed by atoms with Crippen molar-refractivity contribution in [2.45, 2.75) is 57.9 Å². The first-order valence-corrected chi connectivity index (χ1v) is 11.8. The summed E-state index contributed by atoms with van der Waals surface area (Å²) in [5.41, 5.74) is 4.06. The van der Waals surface area contributed by atoms with E-state index in [1.165, 1.54) is 11.1 Å². The zero-order valence-electron chi connectivity index (χ0n) is 20.1. The molecule has 2 aromatic rings. The number of aliphatic carboxylic acids is 1. The normalized spacial score (nSPS) is 13.5. The molecule has 0 spiro atoms. The summed E-state index contributed by atoms with van der Waals surface area (Å²) in [6.07, 6.45) is 1.33. The third-order valence-corrected chi connectivity index (χ3v) is 6.32. The first-order valence-electron chi connectivity index (χ1n) is 11.8. The number of hydrogen-bond acceptors (Lipinski definition) is 4. The summed E-state index contributed by atoms with van der Waals surface area (Å²) in [5.74, 6) is -1.37. The molecule has 0 bridgehead atoms. The van der Waals surface area contributed by atoms with Crippen LogP contribution < -0.4 is 10.6 Å². The topological polar surface area (TPSA) is 105 Å². The van der Waals surface area contributed by atoms with Crippen molar-refractivity contribution < 1.29 is 24.2 Å². The fourth-order valence-electron chi connectivity index (χ4n) is 4.25. The highest BCUT2D eigenvalue weighted by molar-refractivity contribution is 5.79. The van der Waals surface area contributed by atoms with Gasteiger partial charge in [-0.1, -0.05) is 55.5 Å². The second-order valence-electron chi connectivity index (χ2n) is 9.57. The fraction of sp³-hybridized carbons (Fsp3) is 0.444. The van der Waals surface area contributed by atoms with Crippen LogP contribution in [0.4, 0.5) is 4.79 Å². The Labute approximate surface area is 200 Å². The minimum Gasteiger partial charge on any atom is -0.481 e. The van der Waals surface area contributed by atoms with Crippen molar-refractivity contribution >= 4 is 18.0 Å². The maximum absolute atomic E-state index is 12.5. The number of carbonyl (C=O) groups excluding carboxylic acids is 2. The number of carboxylic acid groups (broad SMARTS) is 1. The van der Waals surface area contributed by atoms with Crippen LogP contribution in [-0.2, 0) is 14.3 Å². The van der Waals surface area contributed by atoms with Crippen molar-refractivity contribution in [2.75, 3.05) is 13.2 Å². The lowest BCUT2D eigenvalue weighted by Gasteiger charge is -2.26. The highest BCUT2D eigenvalue weighted by Crippen LogP contribution is 2.44.